The van der Waals surface area contributed by atoms with Gasteiger partial charge in [-0.1, -0.05) is 24.3 Å². The first-order valence-electron chi connectivity index (χ1n) is 14.8. The number of piperidine rings is 1. The van der Waals surface area contributed by atoms with Crippen LogP contribution in [-0.4, -0.2) is 64.4 Å². The van der Waals surface area contributed by atoms with Gasteiger partial charge in [0.05, 0.1) is 11.2 Å². The Hall–Kier alpha value is -2.74. The lowest BCUT2D eigenvalue weighted by molar-refractivity contribution is -0.0702. The Bertz CT molecular complexity index is 1280. The van der Waals surface area contributed by atoms with Crippen molar-refractivity contribution in [3.63, 3.8) is 0 Å². The number of nitrogens with zero attached hydrogens (tertiary/aromatic N) is 2. The van der Waals surface area contributed by atoms with E-state index in [-0.39, 0.29) is 22.7 Å². The summed E-state index contributed by atoms with van der Waals surface area (Å²) >= 11 is 0. The van der Waals surface area contributed by atoms with Crippen molar-refractivity contribution in [1.29, 1.82) is 0 Å². The van der Waals surface area contributed by atoms with Crippen LogP contribution in [0.25, 0.3) is 17.2 Å². The van der Waals surface area contributed by atoms with E-state index >= 15 is 0 Å². The monoisotopic (exact) mass is 528 g/mol. The van der Waals surface area contributed by atoms with E-state index in [9.17, 15) is 9.90 Å². The fraction of sp³-hybridized carbons (Fsp3) is 0.562. The largest absolute Gasteiger partial charge is 0.390 e. The molecule has 39 heavy (non-hydrogen) atoms. The summed E-state index contributed by atoms with van der Waals surface area (Å²) < 4.78 is 5.57. The second-order valence-electron chi connectivity index (χ2n) is 12.8. The number of fused-ring (bicyclic) bond motifs is 5. The van der Waals surface area contributed by atoms with E-state index in [0.29, 0.717) is 11.6 Å². The number of nitrogens with two attached hydrogens (primary N) is 1. The van der Waals surface area contributed by atoms with Crippen LogP contribution in [0.1, 0.15) is 85.7 Å². The van der Waals surface area contributed by atoms with Gasteiger partial charge in [0.1, 0.15) is 5.82 Å². The molecule has 0 atom stereocenters. The average Bonchev–Trinajstić information content (AvgIpc) is 3.32. The van der Waals surface area contributed by atoms with Gasteiger partial charge in [0.25, 0.3) is 5.91 Å². The Morgan fingerprint density at radius 1 is 1.00 bits per heavy atom. The van der Waals surface area contributed by atoms with E-state index in [0.717, 1.165) is 102 Å². The maximum atomic E-state index is 13.4. The molecule has 4 N–H and O–H groups in total. The minimum atomic E-state index is -0.532. The SMILES string of the molecule is Nc1ncc(-c2ccc3c(c2)C=CC32CCN(C3CCOCC3)CC2)cc1C(=O)NC12CCC(O)(CC1)CC2. The fourth-order valence-corrected chi connectivity index (χ4v) is 7.92. The number of benzene rings is 1. The fourth-order valence-electron chi connectivity index (χ4n) is 7.92. The number of carbonyl (C=O) groups excluding carboxylic acids is 1. The highest BCUT2D eigenvalue weighted by molar-refractivity contribution is 6.00. The third-order valence-corrected chi connectivity index (χ3v) is 10.6. The standard InChI is InChI=1S/C32H40N4O3/c33-28-26(29(37)35-31-7-10-32(38,11-8-31)12-9-31)20-24(21-34-28)22-1-2-27-23(19-22)3-6-30(27)13-15-36(16-14-30)25-4-17-39-18-5-25/h1-3,6,19-21,25,38H,4-5,7-18H2,(H2,33,34)(H,35,37). The molecule has 1 spiro atoms. The summed E-state index contributed by atoms with van der Waals surface area (Å²) in [5, 5.41) is 13.8. The Morgan fingerprint density at radius 2 is 1.72 bits per heavy atom. The minimum absolute atomic E-state index is 0.130. The predicted octanol–water partition coefficient (Wildman–Crippen LogP) is 4.44. The summed E-state index contributed by atoms with van der Waals surface area (Å²) in [5.41, 5.74) is 10.6. The number of aromatic nitrogens is 1. The van der Waals surface area contributed by atoms with Crippen molar-refractivity contribution in [3.8, 4) is 11.1 Å². The quantitative estimate of drug-likeness (QED) is 0.543. The molecule has 6 aliphatic rings. The number of allylic oxidation sites excluding steroid dienone is 1. The molecule has 0 radical (unpaired) electrons. The summed E-state index contributed by atoms with van der Waals surface area (Å²) in [5.74, 6) is 0.0950. The Morgan fingerprint density at radius 3 is 2.44 bits per heavy atom. The number of anilines is 1. The molecule has 5 fully saturated rings. The van der Waals surface area contributed by atoms with Crippen LogP contribution in [0.2, 0.25) is 0 Å². The van der Waals surface area contributed by atoms with Gasteiger partial charge in [-0.2, -0.15) is 0 Å². The summed E-state index contributed by atoms with van der Waals surface area (Å²) in [4.78, 5) is 20.5. The number of rotatable bonds is 4. The van der Waals surface area contributed by atoms with E-state index in [1.165, 1.54) is 11.1 Å². The Labute approximate surface area is 230 Å². The van der Waals surface area contributed by atoms with Crippen molar-refractivity contribution in [3.05, 3.63) is 53.2 Å². The van der Waals surface area contributed by atoms with Crippen LogP contribution < -0.4 is 11.1 Å². The molecule has 0 unspecified atom stereocenters. The third-order valence-electron chi connectivity index (χ3n) is 10.6. The maximum Gasteiger partial charge on any atom is 0.255 e. The van der Waals surface area contributed by atoms with Crippen LogP contribution in [0, 0.1) is 0 Å². The highest BCUT2D eigenvalue weighted by Gasteiger charge is 2.48. The molecule has 1 aromatic heterocycles. The van der Waals surface area contributed by atoms with Gasteiger partial charge in [0, 0.05) is 42.0 Å². The highest BCUT2D eigenvalue weighted by Crippen LogP contribution is 2.47. The van der Waals surface area contributed by atoms with Gasteiger partial charge in [0.2, 0.25) is 0 Å². The van der Waals surface area contributed by atoms with E-state index in [2.05, 4.69) is 45.6 Å². The molecular weight excluding hydrogens is 488 g/mol. The number of hydrogen-bond acceptors (Lipinski definition) is 6. The predicted molar refractivity (Wildman–Crippen MR) is 152 cm³/mol. The number of likely N-dealkylation sites (tertiary alicyclic amines) is 1. The zero-order chi connectivity index (χ0) is 26.7. The van der Waals surface area contributed by atoms with E-state index in [1.807, 2.05) is 6.07 Å². The molecule has 2 aromatic rings. The lowest BCUT2D eigenvalue weighted by Gasteiger charge is -2.51. The smallest absolute Gasteiger partial charge is 0.255 e. The first-order valence-corrected chi connectivity index (χ1v) is 14.8. The topological polar surface area (TPSA) is 101 Å². The van der Waals surface area contributed by atoms with E-state index in [1.54, 1.807) is 6.20 Å². The second-order valence-corrected chi connectivity index (χ2v) is 12.8. The number of hydrogen-bond donors (Lipinski definition) is 3. The molecular formula is C32H40N4O3. The van der Waals surface area contributed by atoms with Crippen LogP contribution in [0.3, 0.4) is 0 Å². The number of nitrogen functional groups attached to an aromatic ring is 1. The second kappa shape index (κ2) is 9.43. The van der Waals surface area contributed by atoms with Crippen LogP contribution in [0.15, 0.2) is 36.5 Å². The van der Waals surface area contributed by atoms with Gasteiger partial charge in [-0.05, 0) is 106 Å². The number of amides is 1. The van der Waals surface area contributed by atoms with E-state index < -0.39 is 5.60 Å². The van der Waals surface area contributed by atoms with Gasteiger partial charge in [-0.15, -0.1) is 0 Å². The normalized spacial score (nSPS) is 30.0. The van der Waals surface area contributed by atoms with Crippen molar-refractivity contribution in [2.75, 3.05) is 32.0 Å². The van der Waals surface area contributed by atoms with Crippen LogP contribution in [-0.2, 0) is 10.2 Å². The van der Waals surface area contributed by atoms with Crippen molar-refractivity contribution in [2.45, 2.75) is 86.8 Å². The first-order chi connectivity index (χ1) is 18.9. The molecule has 206 valence electrons. The Kier molecular flexibility index (Phi) is 6.10. The van der Waals surface area contributed by atoms with Crippen LogP contribution >= 0.6 is 0 Å². The lowest BCUT2D eigenvalue weighted by Crippen LogP contribution is -2.58. The van der Waals surface area contributed by atoms with Crippen LogP contribution in [0.4, 0.5) is 5.82 Å². The van der Waals surface area contributed by atoms with Crippen molar-refractivity contribution >= 4 is 17.8 Å². The summed E-state index contributed by atoms with van der Waals surface area (Å²) in [6, 6.07) is 9.26. The molecule has 1 aromatic carbocycles. The number of ether oxygens (including phenoxy) is 1. The maximum absolute atomic E-state index is 13.4. The molecule has 2 bridgehead atoms. The number of pyridine rings is 1. The van der Waals surface area contributed by atoms with Crippen molar-refractivity contribution in [1.82, 2.24) is 15.2 Å². The molecule has 2 saturated heterocycles. The first kappa shape index (κ1) is 25.2. The van der Waals surface area contributed by atoms with Crippen molar-refractivity contribution in [2.24, 2.45) is 0 Å². The Balaban J connectivity index is 1.08. The van der Waals surface area contributed by atoms with Crippen molar-refractivity contribution < 1.29 is 14.6 Å². The zero-order valence-electron chi connectivity index (χ0n) is 22.8. The van der Waals surface area contributed by atoms with Gasteiger partial charge < -0.3 is 25.8 Å². The molecule has 1 amide bonds. The molecule has 4 aliphatic carbocycles. The molecule has 7 heteroatoms. The molecule has 7 nitrogen and oxygen atoms in total. The average molecular weight is 529 g/mol. The third kappa shape index (κ3) is 4.48. The highest BCUT2D eigenvalue weighted by atomic mass is 16.5. The molecule has 8 rings (SSSR count). The van der Waals surface area contributed by atoms with Gasteiger partial charge in [0.15, 0.2) is 0 Å². The number of nitrogens with one attached hydrogen (secondary N) is 1. The summed E-state index contributed by atoms with van der Waals surface area (Å²) in [7, 11) is 0. The lowest BCUT2D eigenvalue weighted by atomic mass is 9.63. The molecule has 2 aliphatic heterocycles. The number of carbonyl (C=O) groups is 1. The zero-order valence-corrected chi connectivity index (χ0v) is 22.8. The molecule has 3 saturated carbocycles. The summed E-state index contributed by atoms with van der Waals surface area (Å²) in [6.07, 6.45) is 15.8. The number of aliphatic hydroxyl groups is 1. The van der Waals surface area contributed by atoms with Gasteiger partial charge in [-0.3, -0.25) is 4.79 Å². The van der Waals surface area contributed by atoms with E-state index in [4.69, 9.17) is 10.5 Å². The van der Waals surface area contributed by atoms with Crippen LogP contribution in [0.5, 0.6) is 0 Å². The van der Waals surface area contributed by atoms with Gasteiger partial charge >= 0.3 is 0 Å². The summed E-state index contributed by atoms with van der Waals surface area (Å²) in [6.45, 7) is 4.06. The minimum Gasteiger partial charge on any atom is -0.390 e. The molecule has 3 heterocycles. The van der Waals surface area contributed by atoms with Gasteiger partial charge in [-0.25, -0.2) is 4.98 Å².